The number of carbonyl (C=O) groups excluding carboxylic acids is 1. The Morgan fingerprint density at radius 1 is 1.07 bits per heavy atom. The van der Waals surface area contributed by atoms with Gasteiger partial charge in [-0.1, -0.05) is 29.8 Å². The minimum absolute atomic E-state index is 0.103. The van der Waals surface area contributed by atoms with Crippen LogP contribution in [0.5, 0.6) is 0 Å². The Bertz CT molecular complexity index is 1120. The van der Waals surface area contributed by atoms with Gasteiger partial charge in [-0.2, -0.15) is 0 Å². The van der Waals surface area contributed by atoms with Gasteiger partial charge in [-0.15, -0.1) is 11.3 Å². The number of hydrogen-bond donors (Lipinski definition) is 1. The van der Waals surface area contributed by atoms with Crippen molar-refractivity contribution >= 4 is 32.8 Å². The molecule has 4 nitrogen and oxygen atoms in total. The molecule has 7 heteroatoms. The first kappa shape index (κ1) is 17.9. The third kappa shape index (κ3) is 3.17. The number of nitrogens with one attached hydrogen (secondary N) is 1. The quantitative estimate of drug-likeness (QED) is 0.703. The van der Waals surface area contributed by atoms with Crippen LogP contribution in [0.3, 0.4) is 0 Å². The van der Waals surface area contributed by atoms with Gasteiger partial charge in [-0.25, -0.2) is 12.8 Å². The lowest BCUT2D eigenvalue weighted by molar-refractivity contribution is -0.116. The molecule has 0 fully saturated rings. The van der Waals surface area contributed by atoms with Gasteiger partial charge in [-0.05, 0) is 36.8 Å². The average Bonchev–Trinajstić information content (AvgIpc) is 3.06. The maximum Gasteiger partial charge on any atom is 0.225 e. The Hall–Kier alpha value is -2.51. The molecule has 3 aromatic rings. The van der Waals surface area contributed by atoms with Gasteiger partial charge in [0.2, 0.25) is 15.7 Å². The number of carbonyl (C=O) groups is 1. The molecular weight excluding hydrogens is 385 g/mol. The largest absolute Gasteiger partial charge is 0.324 e. The average molecular weight is 401 g/mol. The predicted octanol–water partition coefficient (Wildman–Crippen LogP) is 4.50. The van der Waals surface area contributed by atoms with Crippen molar-refractivity contribution in [2.75, 3.05) is 5.32 Å². The number of rotatable bonds is 3. The lowest BCUT2D eigenvalue weighted by atomic mass is 9.91. The van der Waals surface area contributed by atoms with Crippen molar-refractivity contribution in [3.8, 4) is 0 Å². The van der Waals surface area contributed by atoms with Crippen molar-refractivity contribution in [3.05, 3.63) is 75.7 Å². The van der Waals surface area contributed by atoms with E-state index < -0.39 is 9.84 Å². The summed E-state index contributed by atoms with van der Waals surface area (Å²) in [7, 11) is -3.75. The molecule has 1 aliphatic rings. The maximum absolute atomic E-state index is 13.2. The summed E-state index contributed by atoms with van der Waals surface area (Å²) in [4.78, 5) is 13.3. The molecule has 2 aromatic carbocycles. The number of hydrogen-bond acceptors (Lipinski definition) is 4. The summed E-state index contributed by atoms with van der Waals surface area (Å²) in [5, 5.41) is 4.30. The summed E-state index contributed by atoms with van der Waals surface area (Å²) in [6.45, 7) is 1.89. The first-order valence-corrected chi connectivity index (χ1v) is 10.7. The highest BCUT2D eigenvalue weighted by molar-refractivity contribution is 7.91. The lowest BCUT2D eigenvalue weighted by Crippen LogP contribution is -2.23. The van der Waals surface area contributed by atoms with Gasteiger partial charge < -0.3 is 5.32 Å². The third-order valence-corrected chi connectivity index (χ3v) is 7.69. The van der Waals surface area contributed by atoms with Crippen molar-refractivity contribution < 1.29 is 17.6 Å². The number of amides is 1. The SMILES string of the molecule is Cc1ccc(S(=O)(=O)c2csc3c2NC(=O)CC3c2ccc(F)cc2)cc1. The standard InChI is InChI=1S/C20H16FNO3S2/c1-12-2-8-15(9-3-12)27(24,25)17-11-26-20-16(10-18(23)22-19(17)20)13-4-6-14(21)7-5-13/h2-9,11,16H,10H2,1H3,(H,22,23). The van der Waals surface area contributed by atoms with Gasteiger partial charge in [0.25, 0.3) is 0 Å². The highest BCUT2D eigenvalue weighted by atomic mass is 32.2. The number of fused-ring (bicyclic) bond motifs is 1. The van der Waals surface area contributed by atoms with E-state index in [9.17, 15) is 17.6 Å². The highest BCUT2D eigenvalue weighted by Gasteiger charge is 2.34. The van der Waals surface area contributed by atoms with E-state index in [0.717, 1.165) is 16.0 Å². The van der Waals surface area contributed by atoms with E-state index >= 15 is 0 Å². The number of halogens is 1. The molecule has 1 N–H and O–H groups in total. The third-order valence-electron chi connectivity index (χ3n) is 4.65. The van der Waals surface area contributed by atoms with Crippen LogP contribution in [0.1, 0.15) is 28.3 Å². The van der Waals surface area contributed by atoms with Crippen LogP contribution in [0.4, 0.5) is 10.1 Å². The van der Waals surface area contributed by atoms with Gasteiger partial charge >= 0.3 is 0 Å². The first-order valence-electron chi connectivity index (χ1n) is 8.35. The molecule has 138 valence electrons. The van der Waals surface area contributed by atoms with Crippen LogP contribution in [0.15, 0.2) is 63.7 Å². The van der Waals surface area contributed by atoms with E-state index in [-0.39, 0.29) is 33.9 Å². The zero-order valence-electron chi connectivity index (χ0n) is 14.4. The highest BCUT2D eigenvalue weighted by Crippen LogP contribution is 2.45. The molecular formula is C20H16FNO3S2. The molecule has 27 heavy (non-hydrogen) atoms. The van der Waals surface area contributed by atoms with Crippen LogP contribution in [-0.2, 0) is 14.6 Å². The Morgan fingerprint density at radius 3 is 2.41 bits per heavy atom. The summed E-state index contributed by atoms with van der Waals surface area (Å²) in [6, 6.07) is 12.6. The number of benzene rings is 2. The Kier molecular flexibility index (Phi) is 4.36. The maximum atomic E-state index is 13.2. The van der Waals surface area contributed by atoms with Crippen LogP contribution in [0.25, 0.3) is 0 Å². The predicted molar refractivity (Wildman–Crippen MR) is 102 cm³/mol. The summed E-state index contributed by atoms with van der Waals surface area (Å²) in [6.07, 6.45) is 0.198. The summed E-state index contributed by atoms with van der Waals surface area (Å²) in [5.41, 5.74) is 2.09. The normalized spacial score (nSPS) is 16.7. The number of thiophene rings is 1. The summed E-state index contributed by atoms with van der Waals surface area (Å²) in [5.74, 6) is -0.898. The molecule has 1 amide bonds. The van der Waals surface area contributed by atoms with E-state index in [0.29, 0.717) is 5.69 Å². The van der Waals surface area contributed by atoms with Crippen molar-refractivity contribution in [2.45, 2.75) is 29.1 Å². The van der Waals surface area contributed by atoms with Gasteiger partial charge in [-0.3, -0.25) is 4.79 Å². The Balaban J connectivity index is 1.82. The number of anilines is 1. The van der Waals surface area contributed by atoms with E-state index in [1.165, 1.54) is 23.5 Å². The molecule has 0 saturated carbocycles. The number of sulfone groups is 1. The molecule has 1 unspecified atom stereocenters. The fourth-order valence-corrected chi connectivity index (χ4v) is 6.12. The van der Waals surface area contributed by atoms with Gasteiger partial charge in [0.05, 0.1) is 10.6 Å². The fraction of sp³-hybridized carbons (Fsp3) is 0.150. The number of aryl methyl sites for hydroxylation is 1. The molecule has 0 bridgehead atoms. The fourth-order valence-electron chi connectivity index (χ4n) is 3.21. The van der Waals surface area contributed by atoms with Crippen molar-refractivity contribution in [3.63, 3.8) is 0 Å². The first-order chi connectivity index (χ1) is 12.9. The van der Waals surface area contributed by atoms with Gasteiger partial charge in [0, 0.05) is 22.6 Å². The van der Waals surface area contributed by atoms with Crippen LogP contribution in [0.2, 0.25) is 0 Å². The van der Waals surface area contributed by atoms with Crippen LogP contribution >= 0.6 is 11.3 Å². The lowest BCUT2D eigenvalue weighted by Gasteiger charge is -2.23. The second-order valence-corrected chi connectivity index (χ2v) is 9.34. The van der Waals surface area contributed by atoms with Crippen molar-refractivity contribution in [1.82, 2.24) is 0 Å². The molecule has 0 radical (unpaired) electrons. The topological polar surface area (TPSA) is 63.2 Å². The zero-order valence-corrected chi connectivity index (χ0v) is 16.0. The van der Waals surface area contributed by atoms with Crippen LogP contribution < -0.4 is 5.32 Å². The van der Waals surface area contributed by atoms with Crippen LogP contribution in [-0.4, -0.2) is 14.3 Å². The van der Waals surface area contributed by atoms with Crippen molar-refractivity contribution in [1.29, 1.82) is 0 Å². The minimum atomic E-state index is -3.75. The second-order valence-electron chi connectivity index (χ2n) is 6.51. The van der Waals surface area contributed by atoms with E-state index in [1.54, 1.807) is 41.8 Å². The molecule has 0 aliphatic carbocycles. The molecule has 2 heterocycles. The molecule has 4 rings (SSSR count). The molecule has 1 aromatic heterocycles. The Labute approximate surface area is 160 Å². The van der Waals surface area contributed by atoms with E-state index in [1.807, 2.05) is 6.92 Å². The summed E-state index contributed by atoms with van der Waals surface area (Å²) >= 11 is 1.30. The molecule has 0 saturated heterocycles. The van der Waals surface area contributed by atoms with Gasteiger partial charge in [0.1, 0.15) is 10.7 Å². The monoisotopic (exact) mass is 401 g/mol. The summed E-state index contributed by atoms with van der Waals surface area (Å²) < 4.78 is 39.4. The van der Waals surface area contributed by atoms with E-state index in [4.69, 9.17) is 0 Å². The smallest absolute Gasteiger partial charge is 0.225 e. The van der Waals surface area contributed by atoms with E-state index in [2.05, 4.69) is 5.32 Å². The molecule has 1 aliphatic heterocycles. The van der Waals surface area contributed by atoms with Crippen molar-refractivity contribution in [2.24, 2.45) is 0 Å². The Morgan fingerprint density at radius 2 is 1.74 bits per heavy atom. The van der Waals surface area contributed by atoms with Gasteiger partial charge in [0.15, 0.2) is 0 Å². The second kappa shape index (κ2) is 6.58. The zero-order chi connectivity index (χ0) is 19.2. The van der Waals surface area contributed by atoms with Crippen LogP contribution in [0, 0.1) is 12.7 Å². The molecule has 0 spiro atoms. The molecule has 1 atom stereocenters. The minimum Gasteiger partial charge on any atom is -0.324 e.